The van der Waals surface area contributed by atoms with Crippen LogP contribution in [0.5, 0.6) is 0 Å². The maximum absolute atomic E-state index is 11.8. The Labute approximate surface area is 181 Å². The zero-order valence-electron chi connectivity index (χ0n) is 17.0. The second-order valence-electron chi connectivity index (χ2n) is 7.48. The Kier molecular flexibility index (Phi) is 10.7. The fourth-order valence-corrected chi connectivity index (χ4v) is 3.54. The number of nitrogens with one attached hydrogen (secondary N) is 3. The minimum Gasteiger partial charge on any atom is -0.354 e. The van der Waals surface area contributed by atoms with Gasteiger partial charge in [-0.2, -0.15) is 0 Å². The summed E-state index contributed by atoms with van der Waals surface area (Å²) < 4.78 is 0. The monoisotopic (exact) mass is 486 g/mol. The number of aliphatic imine (C=N–C) groups is 1. The van der Waals surface area contributed by atoms with Gasteiger partial charge in [0.15, 0.2) is 5.96 Å². The van der Waals surface area contributed by atoms with Crippen LogP contribution in [-0.4, -0.2) is 31.5 Å². The van der Waals surface area contributed by atoms with Crippen molar-refractivity contribution in [3.05, 3.63) is 35.4 Å². The van der Waals surface area contributed by atoms with Crippen LogP contribution in [0.3, 0.4) is 0 Å². The average molecular weight is 486 g/mol. The molecule has 1 amide bonds. The van der Waals surface area contributed by atoms with Crippen molar-refractivity contribution in [2.75, 3.05) is 13.6 Å². The first-order valence-corrected chi connectivity index (χ1v) is 9.87. The molecule has 0 saturated heterocycles. The molecular weight excluding hydrogens is 451 g/mol. The summed E-state index contributed by atoms with van der Waals surface area (Å²) in [5, 5.41) is 9.75. The number of rotatable bonds is 6. The van der Waals surface area contributed by atoms with Crippen molar-refractivity contribution in [1.29, 1.82) is 0 Å². The zero-order valence-corrected chi connectivity index (χ0v) is 19.4. The van der Waals surface area contributed by atoms with Crippen molar-refractivity contribution in [3.63, 3.8) is 0 Å². The first-order valence-electron chi connectivity index (χ1n) is 9.87. The highest BCUT2D eigenvalue weighted by Gasteiger charge is 2.23. The van der Waals surface area contributed by atoms with Crippen molar-refractivity contribution in [1.82, 2.24) is 16.0 Å². The van der Waals surface area contributed by atoms with Crippen LogP contribution in [0.1, 0.15) is 62.4 Å². The van der Waals surface area contributed by atoms with Crippen molar-refractivity contribution in [2.24, 2.45) is 16.8 Å². The van der Waals surface area contributed by atoms with Crippen molar-refractivity contribution in [2.45, 2.75) is 59.0 Å². The molecule has 27 heavy (non-hydrogen) atoms. The Morgan fingerprint density at radius 1 is 1.11 bits per heavy atom. The number of halogens is 1. The number of hydrogen-bond acceptors (Lipinski definition) is 2. The molecule has 6 heteroatoms. The van der Waals surface area contributed by atoms with Crippen molar-refractivity contribution < 1.29 is 4.79 Å². The summed E-state index contributed by atoms with van der Waals surface area (Å²) >= 11 is 0. The zero-order chi connectivity index (χ0) is 18.9. The van der Waals surface area contributed by atoms with Crippen LogP contribution in [0.2, 0.25) is 0 Å². The largest absolute Gasteiger partial charge is 0.354 e. The summed E-state index contributed by atoms with van der Waals surface area (Å²) in [6.07, 6.45) is 5.02. The number of hydrogen-bond donors (Lipinski definition) is 3. The third-order valence-electron chi connectivity index (χ3n) is 5.29. The summed E-state index contributed by atoms with van der Waals surface area (Å²) in [5.41, 5.74) is 1.82. The predicted molar refractivity (Wildman–Crippen MR) is 124 cm³/mol. The standard InChI is InChI=1S/C21H34N4O.HI/c1-5-23-20(26)18-8-6-16(7-9-18)14-24-21(22-4)25-19-12-10-17(11-13-19)15(2)3;/h6-9,15,17,19H,5,10-14H2,1-4H3,(H,23,26)(H2,22,24,25);1H. The van der Waals surface area contributed by atoms with E-state index < -0.39 is 0 Å². The van der Waals surface area contributed by atoms with E-state index in [1.165, 1.54) is 25.7 Å². The lowest BCUT2D eigenvalue weighted by Crippen LogP contribution is -2.44. The Morgan fingerprint density at radius 3 is 2.26 bits per heavy atom. The van der Waals surface area contributed by atoms with Gasteiger partial charge < -0.3 is 16.0 Å². The molecule has 0 heterocycles. The highest BCUT2D eigenvalue weighted by atomic mass is 127. The molecule has 0 atom stereocenters. The van der Waals surface area contributed by atoms with Crippen LogP contribution >= 0.6 is 24.0 Å². The minimum atomic E-state index is -0.0264. The quantitative estimate of drug-likeness (QED) is 0.324. The Hall–Kier alpha value is -1.31. The molecule has 1 saturated carbocycles. The Morgan fingerprint density at radius 2 is 1.74 bits per heavy atom. The molecule has 1 aliphatic rings. The highest BCUT2D eigenvalue weighted by molar-refractivity contribution is 14.0. The SMILES string of the molecule is CCNC(=O)c1ccc(CNC(=NC)NC2CCC(C(C)C)CC2)cc1.I. The van der Waals surface area contributed by atoms with Gasteiger partial charge in [0, 0.05) is 31.7 Å². The van der Waals surface area contributed by atoms with Crippen molar-refractivity contribution >= 4 is 35.8 Å². The first kappa shape index (κ1) is 23.7. The second kappa shape index (κ2) is 12.2. The van der Waals surface area contributed by atoms with E-state index in [1.54, 1.807) is 0 Å². The summed E-state index contributed by atoms with van der Waals surface area (Å²) in [6, 6.07) is 8.21. The van der Waals surface area contributed by atoms with Gasteiger partial charge >= 0.3 is 0 Å². The molecule has 0 radical (unpaired) electrons. The number of carbonyl (C=O) groups excluding carboxylic acids is 1. The summed E-state index contributed by atoms with van der Waals surface area (Å²) in [5.74, 6) is 2.48. The van der Waals surface area contributed by atoms with E-state index in [1.807, 2.05) is 38.2 Å². The van der Waals surface area contributed by atoms with Gasteiger partial charge in [-0.15, -0.1) is 24.0 Å². The van der Waals surface area contributed by atoms with Crippen LogP contribution in [-0.2, 0) is 6.54 Å². The molecule has 1 aromatic rings. The Bertz CT molecular complexity index is 593. The number of benzene rings is 1. The third-order valence-corrected chi connectivity index (χ3v) is 5.29. The van der Waals surface area contributed by atoms with Gasteiger partial charge in [0.05, 0.1) is 0 Å². The van der Waals surface area contributed by atoms with E-state index in [0.717, 1.165) is 23.4 Å². The molecule has 152 valence electrons. The summed E-state index contributed by atoms with van der Waals surface area (Å²) in [6.45, 7) is 7.91. The molecule has 1 fully saturated rings. The molecular formula is C21H35IN4O. The first-order chi connectivity index (χ1) is 12.5. The van der Waals surface area contributed by atoms with Crippen LogP contribution < -0.4 is 16.0 Å². The fourth-order valence-electron chi connectivity index (χ4n) is 3.54. The fraction of sp³-hybridized carbons (Fsp3) is 0.619. The number of guanidine groups is 1. The molecule has 0 unspecified atom stereocenters. The Balaban J connectivity index is 0.00000364. The molecule has 2 rings (SSSR count). The van der Waals surface area contributed by atoms with E-state index >= 15 is 0 Å². The molecule has 5 nitrogen and oxygen atoms in total. The van der Waals surface area contributed by atoms with Gasteiger partial charge in [-0.3, -0.25) is 9.79 Å². The average Bonchev–Trinajstić information content (AvgIpc) is 2.66. The normalized spacial score (nSPS) is 20.0. The molecule has 1 aromatic carbocycles. The van der Waals surface area contributed by atoms with Gasteiger partial charge in [-0.1, -0.05) is 26.0 Å². The van der Waals surface area contributed by atoms with Gasteiger partial charge in [0.25, 0.3) is 5.91 Å². The highest BCUT2D eigenvalue weighted by Crippen LogP contribution is 2.29. The maximum Gasteiger partial charge on any atom is 0.251 e. The lowest BCUT2D eigenvalue weighted by atomic mass is 9.80. The summed E-state index contributed by atoms with van der Waals surface area (Å²) in [4.78, 5) is 16.2. The number of nitrogens with zero attached hydrogens (tertiary/aromatic N) is 1. The molecule has 0 spiro atoms. The topological polar surface area (TPSA) is 65.5 Å². The van der Waals surface area contributed by atoms with E-state index in [-0.39, 0.29) is 29.9 Å². The van der Waals surface area contributed by atoms with Gasteiger partial charge in [-0.05, 0) is 62.1 Å². The third kappa shape index (κ3) is 7.68. The van der Waals surface area contributed by atoms with Crippen molar-refractivity contribution in [3.8, 4) is 0 Å². The van der Waals surface area contributed by atoms with E-state index in [0.29, 0.717) is 24.7 Å². The summed E-state index contributed by atoms with van der Waals surface area (Å²) in [7, 11) is 1.81. The van der Waals surface area contributed by atoms with E-state index in [2.05, 4.69) is 34.8 Å². The smallest absolute Gasteiger partial charge is 0.251 e. The minimum absolute atomic E-state index is 0. The number of carbonyl (C=O) groups is 1. The van der Waals surface area contributed by atoms with Gasteiger partial charge in [-0.25, -0.2) is 0 Å². The predicted octanol–water partition coefficient (Wildman–Crippen LogP) is 3.93. The second-order valence-corrected chi connectivity index (χ2v) is 7.48. The number of amides is 1. The molecule has 3 N–H and O–H groups in total. The lowest BCUT2D eigenvalue weighted by molar-refractivity contribution is 0.0956. The maximum atomic E-state index is 11.8. The lowest BCUT2D eigenvalue weighted by Gasteiger charge is -2.32. The molecule has 1 aliphatic carbocycles. The van der Waals surface area contributed by atoms with Gasteiger partial charge in [0.1, 0.15) is 0 Å². The molecule has 0 bridgehead atoms. The van der Waals surface area contributed by atoms with Crippen LogP contribution in [0.15, 0.2) is 29.3 Å². The van der Waals surface area contributed by atoms with Crippen LogP contribution in [0, 0.1) is 11.8 Å². The van der Waals surface area contributed by atoms with Crippen LogP contribution in [0.25, 0.3) is 0 Å². The molecule has 0 aromatic heterocycles. The van der Waals surface area contributed by atoms with E-state index in [9.17, 15) is 4.79 Å². The van der Waals surface area contributed by atoms with E-state index in [4.69, 9.17) is 0 Å². The van der Waals surface area contributed by atoms with Crippen LogP contribution in [0.4, 0.5) is 0 Å². The van der Waals surface area contributed by atoms with Gasteiger partial charge in [0.2, 0.25) is 0 Å². The molecule has 0 aliphatic heterocycles.